The summed E-state index contributed by atoms with van der Waals surface area (Å²) in [6.45, 7) is 7.65. The van der Waals surface area contributed by atoms with Gasteiger partial charge < -0.3 is 25.0 Å². The Bertz CT molecular complexity index is 751. The first-order valence-corrected chi connectivity index (χ1v) is 8.95. The number of nitrogens with two attached hydrogens (primary N) is 1. The molecule has 28 heavy (non-hydrogen) atoms. The van der Waals surface area contributed by atoms with E-state index >= 15 is 0 Å². The van der Waals surface area contributed by atoms with Crippen LogP contribution in [0.2, 0.25) is 0 Å². The van der Waals surface area contributed by atoms with E-state index in [0.717, 1.165) is 0 Å². The summed E-state index contributed by atoms with van der Waals surface area (Å²) >= 11 is 0. The number of ether oxygens (including phenoxy) is 2. The number of non-ortho nitro benzene ring substituents is 1. The van der Waals surface area contributed by atoms with Crippen molar-refractivity contribution >= 4 is 17.7 Å². The van der Waals surface area contributed by atoms with Crippen LogP contribution in [0.5, 0.6) is 5.75 Å². The fraction of sp³-hybridized carbons (Fsp3) is 0.556. The number of benzene rings is 1. The van der Waals surface area contributed by atoms with Gasteiger partial charge in [0.15, 0.2) is 5.96 Å². The predicted octanol–water partition coefficient (Wildman–Crippen LogP) is 1.97. The van der Waals surface area contributed by atoms with Gasteiger partial charge in [-0.1, -0.05) is 0 Å². The largest absolute Gasteiger partial charge is 0.496 e. The smallest absolute Gasteiger partial charge is 0.410 e. The first-order valence-electron chi connectivity index (χ1n) is 8.95. The van der Waals surface area contributed by atoms with E-state index in [9.17, 15) is 14.9 Å². The second-order valence-electron chi connectivity index (χ2n) is 7.38. The van der Waals surface area contributed by atoms with Gasteiger partial charge in [0.25, 0.3) is 5.69 Å². The highest BCUT2D eigenvalue weighted by Crippen LogP contribution is 2.24. The molecule has 0 saturated carbocycles. The number of hydrogen-bond acceptors (Lipinski definition) is 6. The average molecular weight is 393 g/mol. The van der Waals surface area contributed by atoms with Gasteiger partial charge in [0.1, 0.15) is 11.4 Å². The molecule has 10 nitrogen and oxygen atoms in total. The molecule has 1 heterocycles. The summed E-state index contributed by atoms with van der Waals surface area (Å²) in [5, 5.41) is 11.0. The fourth-order valence-corrected chi connectivity index (χ4v) is 2.71. The van der Waals surface area contributed by atoms with Gasteiger partial charge in [-0.3, -0.25) is 10.1 Å². The minimum atomic E-state index is -0.536. The Morgan fingerprint density at radius 1 is 1.25 bits per heavy atom. The standard InChI is InChI=1S/C18H27N5O5/c1-18(2,3)28-17(24)22-9-7-21(8-10-22)16(19)20-12-13-11-14(23(25)26)5-6-15(13)27-4/h5-6,11H,7-10,12H2,1-4H3,(H2,19,20). The topological polar surface area (TPSA) is 124 Å². The summed E-state index contributed by atoms with van der Waals surface area (Å²) in [6, 6.07) is 4.35. The SMILES string of the molecule is COc1ccc([N+](=O)[O-])cc1CN=C(N)N1CCN(C(=O)OC(C)(C)C)CC1. The van der Waals surface area contributed by atoms with Crippen molar-refractivity contribution in [1.29, 1.82) is 0 Å². The zero-order valence-corrected chi connectivity index (χ0v) is 16.7. The molecule has 1 saturated heterocycles. The molecule has 0 radical (unpaired) electrons. The number of rotatable bonds is 4. The van der Waals surface area contributed by atoms with Crippen molar-refractivity contribution in [2.24, 2.45) is 10.7 Å². The number of piperazine rings is 1. The van der Waals surface area contributed by atoms with Crippen LogP contribution in [0.3, 0.4) is 0 Å². The zero-order chi connectivity index (χ0) is 20.9. The lowest BCUT2D eigenvalue weighted by Gasteiger charge is -2.36. The maximum Gasteiger partial charge on any atom is 0.410 e. The van der Waals surface area contributed by atoms with Crippen molar-refractivity contribution in [3.63, 3.8) is 0 Å². The molecule has 1 aromatic carbocycles. The number of guanidine groups is 1. The number of amides is 1. The van der Waals surface area contributed by atoms with Gasteiger partial charge in [0.2, 0.25) is 0 Å². The summed E-state index contributed by atoms with van der Waals surface area (Å²) in [7, 11) is 1.49. The van der Waals surface area contributed by atoms with Gasteiger partial charge in [-0.2, -0.15) is 0 Å². The van der Waals surface area contributed by atoms with Crippen LogP contribution in [0.25, 0.3) is 0 Å². The van der Waals surface area contributed by atoms with Crippen LogP contribution in [0.4, 0.5) is 10.5 Å². The number of nitro groups is 1. The van der Waals surface area contributed by atoms with Crippen molar-refractivity contribution < 1.29 is 19.2 Å². The number of nitrogens with zero attached hydrogens (tertiary/aromatic N) is 4. The molecule has 2 rings (SSSR count). The van der Waals surface area contributed by atoms with Crippen LogP contribution in [0.15, 0.2) is 23.2 Å². The molecule has 2 N–H and O–H groups in total. The Morgan fingerprint density at radius 2 is 1.86 bits per heavy atom. The van der Waals surface area contributed by atoms with E-state index < -0.39 is 10.5 Å². The molecule has 1 fully saturated rings. The molecule has 0 bridgehead atoms. The van der Waals surface area contributed by atoms with Gasteiger partial charge in [0.05, 0.1) is 18.6 Å². The van der Waals surface area contributed by atoms with Crippen LogP contribution >= 0.6 is 0 Å². The summed E-state index contributed by atoms with van der Waals surface area (Å²) < 4.78 is 10.6. The first kappa shape index (κ1) is 21.3. The summed E-state index contributed by atoms with van der Waals surface area (Å²) in [6.07, 6.45) is -0.344. The van der Waals surface area contributed by atoms with Gasteiger partial charge in [-0.15, -0.1) is 0 Å². The highest BCUT2D eigenvalue weighted by Gasteiger charge is 2.26. The van der Waals surface area contributed by atoms with Gasteiger partial charge in [-0.25, -0.2) is 9.79 Å². The van der Waals surface area contributed by atoms with E-state index in [0.29, 0.717) is 43.5 Å². The van der Waals surface area contributed by atoms with E-state index in [1.165, 1.54) is 19.2 Å². The number of carbonyl (C=O) groups is 1. The lowest BCUT2D eigenvalue weighted by molar-refractivity contribution is -0.384. The van der Waals surface area contributed by atoms with Gasteiger partial charge >= 0.3 is 6.09 Å². The van der Waals surface area contributed by atoms with Crippen LogP contribution in [0, 0.1) is 10.1 Å². The monoisotopic (exact) mass is 393 g/mol. The Hall–Kier alpha value is -3.04. The number of aliphatic imine (C=N–C) groups is 1. The minimum absolute atomic E-state index is 0.0319. The molecule has 0 aromatic heterocycles. The van der Waals surface area contributed by atoms with Crippen molar-refractivity contribution in [2.45, 2.75) is 32.9 Å². The van der Waals surface area contributed by atoms with Gasteiger partial charge in [0, 0.05) is 43.9 Å². The van der Waals surface area contributed by atoms with E-state index in [4.69, 9.17) is 15.2 Å². The fourth-order valence-electron chi connectivity index (χ4n) is 2.71. The van der Waals surface area contributed by atoms with Crippen molar-refractivity contribution in [1.82, 2.24) is 9.80 Å². The quantitative estimate of drug-likeness (QED) is 0.359. The predicted molar refractivity (Wildman–Crippen MR) is 104 cm³/mol. The molecule has 0 atom stereocenters. The van der Waals surface area contributed by atoms with Crippen LogP contribution in [0.1, 0.15) is 26.3 Å². The normalized spacial score (nSPS) is 15.4. The molecular formula is C18H27N5O5. The minimum Gasteiger partial charge on any atom is -0.496 e. The third-order valence-corrected chi connectivity index (χ3v) is 4.14. The maximum atomic E-state index is 12.1. The lowest BCUT2D eigenvalue weighted by atomic mass is 10.2. The molecule has 1 aliphatic rings. The second-order valence-corrected chi connectivity index (χ2v) is 7.38. The molecule has 0 spiro atoms. The molecule has 154 valence electrons. The summed E-state index contributed by atoms with van der Waals surface area (Å²) in [5.41, 5.74) is 6.08. The molecule has 1 aromatic rings. The molecule has 1 amide bonds. The first-order chi connectivity index (χ1) is 13.1. The number of hydrogen-bond donors (Lipinski definition) is 1. The van der Waals surface area contributed by atoms with Crippen LogP contribution < -0.4 is 10.5 Å². The van der Waals surface area contributed by atoms with Crippen molar-refractivity contribution in [3.05, 3.63) is 33.9 Å². The third-order valence-electron chi connectivity index (χ3n) is 4.14. The second kappa shape index (κ2) is 8.77. The zero-order valence-electron chi connectivity index (χ0n) is 16.7. The number of nitro benzene ring substituents is 1. The van der Waals surface area contributed by atoms with E-state index in [2.05, 4.69) is 4.99 Å². The molecule has 10 heteroatoms. The third kappa shape index (κ3) is 5.73. The van der Waals surface area contributed by atoms with Gasteiger partial charge in [-0.05, 0) is 26.8 Å². The van der Waals surface area contributed by atoms with Crippen molar-refractivity contribution in [2.75, 3.05) is 33.3 Å². The van der Waals surface area contributed by atoms with E-state index in [1.54, 1.807) is 11.0 Å². The Kier molecular flexibility index (Phi) is 6.66. The van der Waals surface area contributed by atoms with E-state index in [-0.39, 0.29) is 18.3 Å². The van der Waals surface area contributed by atoms with Crippen LogP contribution in [-0.4, -0.2) is 65.7 Å². The Labute approximate surface area is 164 Å². The Balaban J connectivity index is 1.98. The highest BCUT2D eigenvalue weighted by molar-refractivity contribution is 5.78. The summed E-state index contributed by atoms with van der Waals surface area (Å²) in [4.78, 5) is 30.5. The maximum absolute atomic E-state index is 12.1. The summed E-state index contributed by atoms with van der Waals surface area (Å²) in [5.74, 6) is 0.828. The number of methoxy groups -OCH3 is 1. The Morgan fingerprint density at radius 3 is 2.39 bits per heavy atom. The molecular weight excluding hydrogens is 366 g/mol. The lowest BCUT2D eigenvalue weighted by Crippen LogP contribution is -2.53. The highest BCUT2D eigenvalue weighted by atomic mass is 16.6. The number of carbonyl (C=O) groups excluding carboxylic acids is 1. The molecule has 1 aliphatic heterocycles. The van der Waals surface area contributed by atoms with Crippen molar-refractivity contribution in [3.8, 4) is 5.75 Å². The van der Waals surface area contributed by atoms with Crippen LogP contribution in [-0.2, 0) is 11.3 Å². The molecule has 0 unspecified atom stereocenters. The average Bonchev–Trinajstić information content (AvgIpc) is 2.64. The van der Waals surface area contributed by atoms with E-state index in [1.807, 2.05) is 25.7 Å². The molecule has 0 aliphatic carbocycles.